The van der Waals surface area contributed by atoms with Crippen LogP contribution in [-0.2, 0) is 12.8 Å². The van der Waals surface area contributed by atoms with E-state index in [-0.39, 0.29) is 11.3 Å². The smallest absolute Gasteiger partial charge is 0.343 e. The van der Waals surface area contributed by atoms with Crippen LogP contribution in [0.5, 0.6) is 5.75 Å². The van der Waals surface area contributed by atoms with Gasteiger partial charge in [-0.3, -0.25) is 0 Å². The van der Waals surface area contributed by atoms with E-state index in [0.717, 1.165) is 18.4 Å². The number of halogens is 2. The van der Waals surface area contributed by atoms with Crippen molar-refractivity contribution in [3.8, 4) is 5.75 Å². The van der Waals surface area contributed by atoms with Crippen LogP contribution in [-0.4, -0.2) is 5.97 Å². The molecule has 2 nitrogen and oxygen atoms in total. The van der Waals surface area contributed by atoms with Crippen LogP contribution in [0.1, 0.15) is 67.4 Å². The van der Waals surface area contributed by atoms with Gasteiger partial charge in [-0.2, -0.15) is 4.39 Å². The van der Waals surface area contributed by atoms with Gasteiger partial charge in [-0.25, -0.2) is 9.18 Å². The van der Waals surface area contributed by atoms with Crippen molar-refractivity contribution in [3.63, 3.8) is 0 Å². The van der Waals surface area contributed by atoms with Crippen LogP contribution in [0.25, 0.3) is 0 Å². The van der Waals surface area contributed by atoms with Crippen LogP contribution in [0.3, 0.4) is 0 Å². The Hall–Kier alpha value is -2.23. The zero-order valence-corrected chi connectivity index (χ0v) is 15.5. The Kier molecular flexibility index (Phi) is 7.76. The lowest BCUT2D eigenvalue weighted by Gasteiger charge is -2.09. The van der Waals surface area contributed by atoms with Gasteiger partial charge in [-0.1, -0.05) is 57.7 Å². The third kappa shape index (κ3) is 5.38. The highest BCUT2D eigenvalue weighted by molar-refractivity contribution is 5.91. The van der Waals surface area contributed by atoms with Crippen LogP contribution in [0.2, 0.25) is 0 Å². The lowest BCUT2D eigenvalue weighted by atomic mass is 10.0. The predicted molar refractivity (Wildman–Crippen MR) is 99.6 cm³/mol. The first-order valence-corrected chi connectivity index (χ1v) is 9.34. The fourth-order valence-electron chi connectivity index (χ4n) is 2.82. The lowest BCUT2D eigenvalue weighted by Crippen LogP contribution is -2.10. The van der Waals surface area contributed by atoms with Crippen LogP contribution in [0.15, 0.2) is 36.4 Å². The number of hydrogen-bond donors (Lipinski definition) is 0. The van der Waals surface area contributed by atoms with E-state index in [1.54, 1.807) is 19.1 Å². The summed E-state index contributed by atoms with van der Waals surface area (Å²) in [5.41, 5.74) is 1.73. The number of esters is 1. The van der Waals surface area contributed by atoms with E-state index < -0.39 is 17.6 Å². The van der Waals surface area contributed by atoms with Gasteiger partial charge < -0.3 is 4.74 Å². The summed E-state index contributed by atoms with van der Waals surface area (Å²) in [5, 5.41) is 0. The van der Waals surface area contributed by atoms with Crippen LogP contribution in [0, 0.1) is 11.6 Å². The third-order valence-corrected chi connectivity index (χ3v) is 4.47. The second-order valence-corrected chi connectivity index (χ2v) is 6.45. The van der Waals surface area contributed by atoms with Gasteiger partial charge in [0.05, 0.1) is 5.56 Å². The highest BCUT2D eigenvalue weighted by atomic mass is 19.2. The highest BCUT2D eigenvalue weighted by Crippen LogP contribution is 2.24. The SMILES string of the molecule is CCCCCCCc1ccc(C(=O)Oc2ccc(CC)c(F)c2F)cc1. The fraction of sp³-hybridized carbons (Fsp3) is 0.409. The average molecular weight is 360 g/mol. The molecule has 26 heavy (non-hydrogen) atoms. The minimum atomic E-state index is -1.12. The van der Waals surface area contributed by atoms with Crippen molar-refractivity contribution >= 4 is 5.97 Å². The molecule has 0 N–H and O–H groups in total. The van der Waals surface area contributed by atoms with Gasteiger partial charge in [-0.15, -0.1) is 0 Å². The van der Waals surface area contributed by atoms with Crippen molar-refractivity contribution in [3.05, 3.63) is 64.7 Å². The number of rotatable bonds is 9. The normalized spacial score (nSPS) is 10.8. The number of carbonyl (C=O) groups is 1. The summed E-state index contributed by atoms with van der Waals surface area (Å²) < 4.78 is 32.8. The number of aryl methyl sites for hydroxylation is 2. The van der Waals surface area contributed by atoms with E-state index in [2.05, 4.69) is 6.92 Å². The summed E-state index contributed by atoms with van der Waals surface area (Å²) in [4.78, 5) is 12.2. The van der Waals surface area contributed by atoms with Gasteiger partial charge in [-0.05, 0) is 48.6 Å². The van der Waals surface area contributed by atoms with Crippen molar-refractivity contribution in [2.75, 3.05) is 0 Å². The Bertz CT molecular complexity index is 724. The molecule has 0 atom stereocenters. The number of hydrogen-bond acceptors (Lipinski definition) is 2. The summed E-state index contributed by atoms with van der Waals surface area (Å²) >= 11 is 0. The summed E-state index contributed by atoms with van der Waals surface area (Å²) in [6.07, 6.45) is 7.41. The van der Waals surface area contributed by atoms with Gasteiger partial charge in [0.1, 0.15) is 0 Å². The first-order valence-electron chi connectivity index (χ1n) is 9.34. The second-order valence-electron chi connectivity index (χ2n) is 6.45. The summed E-state index contributed by atoms with van der Waals surface area (Å²) in [5.74, 6) is -3.16. The Morgan fingerprint density at radius 2 is 1.58 bits per heavy atom. The monoisotopic (exact) mass is 360 g/mol. The molecule has 140 valence electrons. The van der Waals surface area contributed by atoms with E-state index in [0.29, 0.717) is 12.0 Å². The highest BCUT2D eigenvalue weighted by Gasteiger charge is 2.17. The third-order valence-electron chi connectivity index (χ3n) is 4.47. The van der Waals surface area contributed by atoms with Gasteiger partial charge in [0.2, 0.25) is 5.82 Å². The molecule has 0 radical (unpaired) electrons. The molecule has 0 aliphatic rings. The molecular weight excluding hydrogens is 334 g/mol. The first-order chi connectivity index (χ1) is 12.6. The molecule has 0 heterocycles. The molecule has 2 aromatic carbocycles. The molecular formula is C22H26F2O2. The summed E-state index contributed by atoms with van der Waals surface area (Å²) in [7, 11) is 0. The molecule has 2 aromatic rings. The lowest BCUT2D eigenvalue weighted by molar-refractivity contribution is 0.0726. The van der Waals surface area contributed by atoms with Crippen molar-refractivity contribution in [1.82, 2.24) is 0 Å². The largest absolute Gasteiger partial charge is 0.420 e. The van der Waals surface area contributed by atoms with Crippen molar-refractivity contribution in [2.45, 2.75) is 58.8 Å². The Balaban J connectivity index is 1.95. The average Bonchev–Trinajstić information content (AvgIpc) is 2.66. The van der Waals surface area contributed by atoms with Crippen molar-refractivity contribution in [2.24, 2.45) is 0 Å². The predicted octanol–water partition coefficient (Wildman–Crippen LogP) is 6.26. The van der Waals surface area contributed by atoms with E-state index >= 15 is 0 Å². The molecule has 0 unspecified atom stereocenters. The maximum absolute atomic E-state index is 14.0. The molecule has 0 bridgehead atoms. The number of benzene rings is 2. The molecule has 4 heteroatoms. The topological polar surface area (TPSA) is 26.3 Å². The zero-order valence-electron chi connectivity index (χ0n) is 15.5. The molecule has 0 saturated carbocycles. The molecule has 0 amide bonds. The molecule has 0 fully saturated rings. The molecule has 0 spiro atoms. The van der Waals surface area contributed by atoms with Crippen LogP contribution >= 0.6 is 0 Å². The molecule has 2 rings (SSSR count). The van der Waals surface area contributed by atoms with Gasteiger partial charge >= 0.3 is 5.97 Å². The minimum absolute atomic E-state index is 0.255. The summed E-state index contributed by atoms with van der Waals surface area (Å²) in [6, 6.07) is 9.82. The Morgan fingerprint density at radius 3 is 2.23 bits per heavy atom. The maximum atomic E-state index is 14.0. The van der Waals surface area contributed by atoms with E-state index in [4.69, 9.17) is 4.74 Å². The molecule has 0 aliphatic carbocycles. The van der Waals surface area contributed by atoms with Crippen molar-refractivity contribution < 1.29 is 18.3 Å². The van der Waals surface area contributed by atoms with Gasteiger partial charge in [0, 0.05) is 0 Å². The Morgan fingerprint density at radius 1 is 0.885 bits per heavy atom. The standard InChI is InChI=1S/C22H26F2O2/c1-3-5-6-7-8-9-16-10-12-18(13-11-16)22(25)26-19-15-14-17(4-2)20(23)21(19)24/h10-15H,3-9H2,1-2H3. The quantitative estimate of drug-likeness (QED) is 0.300. The van der Waals surface area contributed by atoms with Crippen LogP contribution < -0.4 is 4.74 Å². The Labute approximate surface area is 154 Å². The number of unbranched alkanes of at least 4 members (excludes halogenated alkanes) is 4. The van der Waals surface area contributed by atoms with Gasteiger partial charge in [0.25, 0.3) is 0 Å². The first kappa shape index (κ1) is 20.1. The van der Waals surface area contributed by atoms with Crippen LogP contribution in [0.4, 0.5) is 8.78 Å². The number of carbonyl (C=O) groups excluding carboxylic acids is 1. The minimum Gasteiger partial charge on any atom is -0.420 e. The second kappa shape index (κ2) is 10.0. The molecule has 0 aliphatic heterocycles. The van der Waals surface area contributed by atoms with Crippen molar-refractivity contribution in [1.29, 1.82) is 0 Å². The zero-order chi connectivity index (χ0) is 18.9. The van der Waals surface area contributed by atoms with E-state index in [9.17, 15) is 13.6 Å². The van der Waals surface area contributed by atoms with Gasteiger partial charge in [0.15, 0.2) is 11.6 Å². The maximum Gasteiger partial charge on any atom is 0.343 e. The summed E-state index contributed by atoms with van der Waals surface area (Å²) in [6.45, 7) is 3.92. The molecule has 0 saturated heterocycles. The fourth-order valence-corrected chi connectivity index (χ4v) is 2.82. The number of ether oxygens (including phenoxy) is 1. The molecule has 0 aromatic heterocycles. The van der Waals surface area contributed by atoms with E-state index in [1.165, 1.54) is 37.8 Å². The van der Waals surface area contributed by atoms with E-state index in [1.807, 2.05) is 12.1 Å².